The summed E-state index contributed by atoms with van der Waals surface area (Å²) in [5.41, 5.74) is 0. The van der Waals surface area contributed by atoms with Crippen LogP contribution in [0.5, 0.6) is 0 Å². The maximum atomic E-state index is 10.3. The van der Waals surface area contributed by atoms with Crippen molar-refractivity contribution in [3.8, 4) is 0 Å². The normalized spacial score (nSPS) is 13.5. The standard InChI is InChI=1S/C6H8O7.Ag/c7-3(8)1-2(5(10)11)4(9)6(12)13;/h2,4,9H,1H2,(H,7,8)(H,10,11)(H,12,13);. The number of aliphatic hydroxyl groups is 1. The van der Waals surface area contributed by atoms with Crippen molar-refractivity contribution in [3.05, 3.63) is 0 Å². The van der Waals surface area contributed by atoms with E-state index in [1.54, 1.807) is 0 Å². The molecule has 0 aliphatic carbocycles. The Balaban J connectivity index is 0. The Morgan fingerprint density at radius 3 is 1.64 bits per heavy atom. The predicted molar refractivity (Wildman–Crippen MR) is 37.0 cm³/mol. The third-order valence-electron chi connectivity index (χ3n) is 1.35. The van der Waals surface area contributed by atoms with Gasteiger partial charge in [0.05, 0.1) is 6.42 Å². The fourth-order valence-corrected chi connectivity index (χ4v) is 0.694. The maximum Gasteiger partial charge on any atom is 0.333 e. The molecule has 0 aliphatic heterocycles. The van der Waals surface area contributed by atoms with Crippen LogP contribution in [0.2, 0.25) is 0 Å². The van der Waals surface area contributed by atoms with Crippen LogP contribution < -0.4 is 0 Å². The number of carboxylic acid groups (broad SMARTS) is 3. The Hall–Kier alpha value is -0.890. The molecule has 0 saturated carbocycles. The first-order chi connectivity index (χ1) is 5.86. The molecule has 7 nitrogen and oxygen atoms in total. The molecule has 0 aromatic rings. The van der Waals surface area contributed by atoms with Crippen molar-refractivity contribution >= 4 is 17.9 Å². The van der Waals surface area contributed by atoms with E-state index < -0.39 is 36.4 Å². The molecule has 0 spiro atoms. The summed E-state index contributed by atoms with van der Waals surface area (Å²) in [5.74, 6) is -6.71. The molecule has 0 aliphatic rings. The molecular formula is C6H8AgO7. The van der Waals surface area contributed by atoms with E-state index in [4.69, 9.17) is 20.4 Å². The van der Waals surface area contributed by atoms with Crippen molar-refractivity contribution < 1.29 is 57.2 Å². The number of hydrogen-bond acceptors (Lipinski definition) is 4. The van der Waals surface area contributed by atoms with E-state index in [1.165, 1.54) is 0 Å². The minimum Gasteiger partial charge on any atom is -0.481 e. The average molecular weight is 300 g/mol. The molecule has 0 aromatic heterocycles. The summed E-state index contributed by atoms with van der Waals surface area (Å²) in [7, 11) is 0. The van der Waals surface area contributed by atoms with E-state index in [2.05, 4.69) is 0 Å². The van der Waals surface area contributed by atoms with Gasteiger partial charge in [-0.2, -0.15) is 0 Å². The Labute approximate surface area is 93.9 Å². The van der Waals surface area contributed by atoms with E-state index >= 15 is 0 Å². The van der Waals surface area contributed by atoms with E-state index in [0.717, 1.165) is 0 Å². The number of hydrogen-bond donors (Lipinski definition) is 4. The van der Waals surface area contributed by atoms with Gasteiger partial charge in [0.15, 0.2) is 6.10 Å². The van der Waals surface area contributed by atoms with Crippen LogP contribution in [0.25, 0.3) is 0 Å². The van der Waals surface area contributed by atoms with E-state index in [1.807, 2.05) is 0 Å². The molecule has 85 valence electrons. The molecule has 0 heterocycles. The predicted octanol–water partition coefficient (Wildman–Crippen LogP) is -1.40. The minimum atomic E-state index is -2.20. The van der Waals surface area contributed by atoms with E-state index in [0.29, 0.717) is 0 Å². The van der Waals surface area contributed by atoms with Crippen LogP contribution in [0.3, 0.4) is 0 Å². The van der Waals surface area contributed by atoms with Gasteiger partial charge in [-0.05, 0) is 0 Å². The first-order valence-corrected chi connectivity index (χ1v) is 3.21. The summed E-state index contributed by atoms with van der Waals surface area (Å²) in [6.45, 7) is 0. The van der Waals surface area contributed by atoms with Gasteiger partial charge in [-0.1, -0.05) is 0 Å². The Morgan fingerprint density at radius 1 is 1.00 bits per heavy atom. The van der Waals surface area contributed by atoms with Crippen LogP contribution >= 0.6 is 0 Å². The first kappa shape index (κ1) is 15.6. The minimum absolute atomic E-state index is 0. The maximum absolute atomic E-state index is 10.3. The second-order valence-electron chi connectivity index (χ2n) is 2.33. The van der Waals surface area contributed by atoms with Gasteiger partial charge in [0.25, 0.3) is 0 Å². The largest absolute Gasteiger partial charge is 0.481 e. The van der Waals surface area contributed by atoms with Crippen LogP contribution in [-0.4, -0.2) is 44.4 Å². The van der Waals surface area contributed by atoms with Crippen LogP contribution in [0.15, 0.2) is 0 Å². The van der Waals surface area contributed by atoms with Crippen LogP contribution in [0.1, 0.15) is 6.42 Å². The van der Waals surface area contributed by atoms with Gasteiger partial charge >= 0.3 is 17.9 Å². The molecular weight excluding hydrogens is 292 g/mol. The summed E-state index contributed by atoms with van der Waals surface area (Å²) in [4.78, 5) is 30.5. The molecule has 1 radical (unpaired) electrons. The van der Waals surface area contributed by atoms with Crippen LogP contribution in [0, 0.1) is 5.92 Å². The topological polar surface area (TPSA) is 132 Å². The van der Waals surface area contributed by atoms with Gasteiger partial charge in [-0.25, -0.2) is 4.79 Å². The molecule has 0 saturated heterocycles. The number of rotatable bonds is 5. The Morgan fingerprint density at radius 2 is 1.43 bits per heavy atom. The molecule has 0 amide bonds. The van der Waals surface area contributed by atoms with Gasteiger partial charge < -0.3 is 20.4 Å². The van der Waals surface area contributed by atoms with Crippen LogP contribution in [-0.2, 0) is 36.8 Å². The van der Waals surface area contributed by atoms with Gasteiger partial charge in [0, 0.05) is 22.4 Å². The van der Waals surface area contributed by atoms with Crippen molar-refractivity contribution in [3.63, 3.8) is 0 Å². The zero-order chi connectivity index (χ0) is 10.6. The summed E-state index contributed by atoms with van der Waals surface area (Å²) in [6, 6.07) is 0. The number of aliphatic carboxylic acids is 3. The van der Waals surface area contributed by atoms with Crippen molar-refractivity contribution in [2.45, 2.75) is 12.5 Å². The monoisotopic (exact) mass is 299 g/mol. The third kappa shape index (κ3) is 4.97. The molecule has 2 unspecified atom stereocenters. The summed E-state index contributed by atoms with van der Waals surface area (Å²) >= 11 is 0. The number of carboxylic acids is 3. The third-order valence-corrected chi connectivity index (χ3v) is 1.35. The smallest absolute Gasteiger partial charge is 0.333 e. The molecule has 14 heavy (non-hydrogen) atoms. The van der Waals surface area contributed by atoms with E-state index in [9.17, 15) is 14.4 Å². The van der Waals surface area contributed by atoms with Crippen molar-refractivity contribution in [1.29, 1.82) is 0 Å². The fourth-order valence-electron chi connectivity index (χ4n) is 0.694. The SMILES string of the molecule is O=C(O)CC(C(=O)O)C(O)C(=O)O.[Ag]. The molecule has 4 N–H and O–H groups in total. The zero-order valence-corrected chi connectivity index (χ0v) is 8.16. The summed E-state index contributed by atoms with van der Waals surface area (Å²) < 4.78 is 0. The first-order valence-electron chi connectivity index (χ1n) is 3.21. The molecule has 8 heteroatoms. The zero-order valence-electron chi connectivity index (χ0n) is 6.68. The summed E-state index contributed by atoms with van der Waals surface area (Å²) in [5, 5.41) is 33.5. The Kier molecular flexibility index (Phi) is 7.28. The van der Waals surface area contributed by atoms with Crippen molar-refractivity contribution in [2.24, 2.45) is 5.92 Å². The molecule has 0 fully saturated rings. The number of aliphatic hydroxyl groups excluding tert-OH is 1. The summed E-state index contributed by atoms with van der Waals surface area (Å²) in [6.07, 6.45) is -3.13. The van der Waals surface area contributed by atoms with Crippen molar-refractivity contribution in [2.75, 3.05) is 0 Å². The van der Waals surface area contributed by atoms with E-state index in [-0.39, 0.29) is 22.4 Å². The van der Waals surface area contributed by atoms with Crippen LogP contribution in [0.4, 0.5) is 0 Å². The molecule has 2 atom stereocenters. The molecule has 0 bridgehead atoms. The molecule has 0 aromatic carbocycles. The van der Waals surface area contributed by atoms with Gasteiger partial charge in [0.2, 0.25) is 0 Å². The quantitative estimate of drug-likeness (QED) is 0.459. The second kappa shape index (κ2) is 6.55. The second-order valence-corrected chi connectivity index (χ2v) is 2.33. The van der Waals surface area contributed by atoms with Gasteiger partial charge in [-0.3, -0.25) is 9.59 Å². The Bertz CT molecular complexity index is 238. The van der Waals surface area contributed by atoms with Gasteiger partial charge in [-0.15, -0.1) is 0 Å². The molecule has 0 rings (SSSR count). The van der Waals surface area contributed by atoms with Crippen molar-refractivity contribution in [1.82, 2.24) is 0 Å². The number of carbonyl (C=O) groups is 3. The van der Waals surface area contributed by atoms with Gasteiger partial charge in [0.1, 0.15) is 5.92 Å². The average Bonchev–Trinajstić information content (AvgIpc) is 1.97. The fraction of sp³-hybridized carbons (Fsp3) is 0.500.